The fraction of sp³-hybridized carbons (Fsp3) is 0.571. The third-order valence-electron chi connectivity index (χ3n) is 3.20. The predicted octanol–water partition coefficient (Wildman–Crippen LogP) is 3.92. The first-order chi connectivity index (χ1) is 8.30. The number of hydrogen-bond donors (Lipinski definition) is 1. The molecule has 0 spiro atoms. The van der Waals surface area contributed by atoms with Gasteiger partial charge < -0.3 is 5.11 Å². The lowest BCUT2D eigenvalue weighted by atomic mass is 9.79. The first-order valence-corrected chi connectivity index (χ1v) is 7.57. The maximum Gasteiger partial charge on any atom is 0.123 e. The van der Waals surface area contributed by atoms with E-state index >= 15 is 0 Å². The van der Waals surface area contributed by atoms with E-state index in [1.807, 2.05) is 0 Å². The molecule has 1 aromatic carbocycles. The molecule has 1 aromatic rings. The molecule has 1 fully saturated rings. The maximum atomic E-state index is 13.2. The minimum atomic E-state index is -0.788. The van der Waals surface area contributed by atoms with Crippen LogP contribution >= 0.6 is 23.4 Å². The zero-order valence-corrected chi connectivity index (χ0v) is 12.2. The largest absolute Gasteiger partial charge is 0.389 e. The molecule has 1 aliphatic rings. The number of hydrogen-bond acceptors (Lipinski definition) is 2. The Balaban J connectivity index is 2.19. The van der Waals surface area contributed by atoms with Crippen molar-refractivity contribution in [3.8, 4) is 0 Å². The van der Waals surface area contributed by atoms with Crippen molar-refractivity contribution in [1.82, 2.24) is 0 Å². The smallest absolute Gasteiger partial charge is 0.123 e. The normalized spacial score (nSPS) is 27.2. The molecule has 0 amide bonds. The summed E-state index contributed by atoms with van der Waals surface area (Å²) in [5.41, 5.74) is 0.0129. The Bertz CT molecular complexity index is 449. The van der Waals surface area contributed by atoms with Gasteiger partial charge >= 0.3 is 0 Å². The van der Waals surface area contributed by atoms with Gasteiger partial charge in [0.25, 0.3) is 0 Å². The average Bonchev–Trinajstić information content (AvgIpc) is 2.21. The summed E-state index contributed by atoms with van der Waals surface area (Å²) in [6.45, 7) is 4.30. The minimum absolute atomic E-state index is 0.109. The van der Waals surface area contributed by atoms with Gasteiger partial charge in [0.15, 0.2) is 0 Å². The first-order valence-electron chi connectivity index (χ1n) is 6.04. The van der Waals surface area contributed by atoms with Gasteiger partial charge in [0.2, 0.25) is 0 Å². The Hall–Kier alpha value is -0.250. The molecule has 0 radical (unpaired) electrons. The molecule has 0 saturated carbocycles. The molecule has 1 heterocycles. The number of rotatable bonds is 2. The lowest BCUT2D eigenvalue weighted by Gasteiger charge is -2.41. The molecule has 1 atom stereocenters. The van der Waals surface area contributed by atoms with Crippen LogP contribution in [-0.4, -0.2) is 22.2 Å². The quantitative estimate of drug-likeness (QED) is 0.890. The topological polar surface area (TPSA) is 20.2 Å². The second-order valence-corrected chi connectivity index (χ2v) is 7.36. The third-order valence-corrected chi connectivity index (χ3v) is 5.29. The van der Waals surface area contributed by atoms with Crippen molar-refractivity contribution in [2.75, 3.05) is 11.5 Å². The van der Waals surface area contributed by atoms with Crippen molar-refractivity contribution in [3.05, 3.63) is 34.6 Å². The van der Waals surface area contributed by atoms with Crippen molar-refractivity contribution < 1.29 is 9.50 Å². The summed E-state index contributed by atoms with van der Waals surface area (Å²) in [6.07, 6.45) is 1.14. The molecular formula is C14H18ClFOS. The molecule has 0 aliphatic carbocycles. The van der Waals surface area contributed by atoms with Crippen molar-refractivity contribution >= 4 is 23.4 Å². The zero-order valence-electron chi connectivity index (χ0n) is 10.7. The fourth-order valence-electron chi connectivity index (χ4n) is 2.66. The molecule has 1 nitrogen and oxygen atoms in total. The SMILES string of the molecule is CC1(C)CSCC(O)(Cc2cc(F)ccc2Cl)C1. The Kier molecular flexibility index (Phi) is 3.96. The molecule has 1 saturated heterocycles. The van der Waals surface area contributed by atoms with Crippen LogP contribution in [0.5, 0.6) is 0 Å². The van der Waals surface area contributed by atoms with E-state index in [2.05, 4.69) is 13.8 Å². The van der Waals surface area contributed by atoms with Gasteiger partial charge in [-0.15, -0.1) is 0 Å². The molecule has 2 rings (SSSR count). The Morgan fingerprint density at radius 3 is 2.78 bits per heavy atom. The molecule has 18 heavy (non-hydrogen) atoms. The third kappa shape index (κ3) is 3.40. The Morgan fingerprint density at radius 1 is 1.39 bits per heavy atom. The first kappa shape index (κ1) is 14.2. The summed E-state index contributed by atoms with van der Waals surface area (Å²) >= 11 is 7.82. The van der Waals surface area contributed by atoms with Crippen LogP contribution in [0.1, 0.15) is 25.8 Å². The molecule has 100 valence electrons. The van der Waals surface area contributed by atoms with Crippen LogP contribution in [0, 0.1) is 11.2 Å². The highest BCUT2D eigenvalue weighted by Crippen LogP contribution is 2.41. The lowest BCUT2D eigenvalue weighted by molar-refractivity contribution is 0.0200. The summed E-state index contributed by atoms with van der Waals surface area (Å²) < 4.78 is 13.2. The molecule has 0 bridgehead atoms. The molecule has 1 unspecified atom stereocenters. The van der Waals surface area contributed by atoms with Crippen LogP contribution in [0.25, 0.3) is 0 Å². The highest BCUT2D eigenvalue weighted by molar-refractivity contribution is 7.99. The Labute approximate surface area is 117 Å². The van der Waals surface area contributed by atoms with Crippen LogP contribution in [0.15, 0.2) is 18.2 Å². The number of benzene rings is 1. The van der Waals surface area contributed by atoms with Gasteiger partial charge in [-0.3, -0.25) is 0 Å². The van der Waals surface area contributed by atoms with E-state index in [0.717, 1.165) is 12.2 Å². The second-order valence-electron chi connectivity index (χ2n) is 5.97. The molecule has 4 heteroatoms. The summed E-state index contributed by atoms with van der Waals surface area (Å²) in [7, 11) is 0. The average molecular weight is 289 g/mol. The van der Waals surface area contributed by atoms with Crippen LogP contribution in [0.2, 0.25) is 5.02 Å². The molecule has 1 aliphatic heterocycles. The zero-order chi connectivity index (χ0) is 13.4. The highest BCUT2D eigenvalue weighted by atomic mass is 35.5. The molecular weight excluding hydrogens is 271 g/mol. The minimum Gasteiger partial charge on any atom is -0.389 e. The maximum absolute atomic E-state index is 13.2. The van der Waals surface area contributed by atoms with Gasteiger partial charge in [-0.25, -0.2) is 4.39 Å². The molecule has 0 aromatic heterocycles. The highest BCUT2D eigenvalue weighted by Gasteiger charge is 2.39. The summed E-state index contributed by atoms with van der Waals surface area (Å²) in [5, 5.41) is 11.2. The van der Waals surface area contributed by atoms with Gasteiger partial charge in [0.1, 0.15) is 5.82 Å². The van der Waals surface area contributed by atoms with Gasteiger partial charge in [-0.1, -0.05) is 25.4 Å². The van der Waals surface area contributed by atoms with Crippen LogP contribution in [0.4, 0.5) is 4.39 Å². The van der Waals surface area contributed by atoms with E-state index in [1.54, 1.807) is 17.8 Å². The van der Waals surface area contributed by atoms with Crippen molar-refractivity contribution in [3.63, 3.8) is 0 Å². The van der Waals surface area contributed by atoms with E-state index in [-0.39, 0.29) is 11.2 Å². The number of thioether (sulfide) groups is 1. The van der Waals surface area contributed by atoms with Gasteiger partial charge in [-0.05, 0) is 41.4 Å². The van der Waals surface area contributed by atoms with Gasteiger partial charge in [-0.2, -0.15) is 11.8 Å². The second kappa shape index (κ2) is 5.03. The lowest BCUT2D eigenvalue weighted by Crippen LogP contribution is -2.44. The van der Waals surface area contributed by atoms with Crippen LogP contribution in [-0.2, 0) is 6.42 Å². The molecule has 1 N–H and O–H groups in total. The monoisotopic (exact) mass is 288 g/mol. The van der Waals surface area contributed by atoms with Crippen molar-refractivity contribution in [2.45, 2.75) is 32.3 Å². The number of aliphatic hydroxyl groups is 1. The van der Waals surface area contributed by atoms with Gasteiger partial charge in [0.05, 0.1) is 5.60 Å². The fourth-order valence-corrected chi connectivity index (χ4v) is 4.18. The number of halogens is 2. The van der Waals surface area contributed by atoms with Crippen LogP contribution in [0.3, 0.4) is 0 Å². The van der Waals surface area contributed by atoms with Crippen LogP contribution < -0.4 is 0 Å². The van der Waals surface area contributed by atoms with E-state index in [4.69, 9.17) is 11.6 Å². The predicted molar refractivity (Wildman–Crippen MR) is 75.8 cm³/mol. The van der Waals surface area contributed by atoms with Gasteiger partial charge in [0, 0.05) is 17.2 Å². The Morgan fingerprint density at radius 2 is 2.11 bits per heavy atom. The standard InChI is InChI=1S/C14H18ClFOS/c1-13(2)7-14(17,9-18-8-13)6-10-5-11(16)3-4-12(10)15/h3-5,17H,6-9H2,1-2H3. The van der Waals surface area contributed by atoms with E-state index in [9.17, 15) is 9.50 Å². The summed E-state index contributed by atoms with van der Waals surface area (Å²) in [4.78, 5) is 0. The van der Waals surface area contributed by atoms with Crippen molar-refractivity contribution in [2.24, 2.45) is 5.41 Å². The van der Waals surface area contributed by atoms with E-state index in [0.29, 0.717) is 22.8 Å². The van der Waals surface area contributed by atoms with E-state index in [1.165, 1.54) is 12.1 Å². The summed E-state index contributed by atoms with van der Waals surface area (Å²) in [6, 6.07) is 4.32. The summed E-state index contributed by atoms with van der Waals surface area (Å²) in [5.74, 6) is 1.43. The van der Waals surface area contributed by atoms with E-state index < -0.39 is 5.60 Å². The van der Waals surface area contributed by atoms with Crippen molar-refractivity contribution in [1.29, 1.82) is 0 Å².